The minimum absolute atomic E-state index is 0.0112. The quantitative estimate of drug-likeness (QED) is 0.657. The van der Waals surface area contributed by atoms with Crippen molar-refractivity contribution in [2.45, 2.75) is 26.4 Å². The summed E-state index contributed by atoms with van der Waals surface area (Å²) in [6.45, 7) is 4.24. The van der Waals surface area contributed by atoms with E-state index in [0.29, 0.717) is 12.1 Å². The molecular formula is C21H24N4O. The number of hydrogen-bond acceptors (Lipinski definition) is 3. The molecule has 5 nitrogen and oxygen atoms in total. The number of nitrogens with zero attached hydrogens (tertiary/aromatic N) is 2. The van der Waals surface area contributed by atoms with Gasteiger partial charge in [-0.3, -0.25) is 4.79 Å². The summed E-state index contributed by atoms with van der Waals surface area (Å²) in [5, 5.41) is 10.6. The van der Waals surface area contributed by atoms with Crippen molar-refractivity contribution in [2.24, 2.45) is 0 Å². The third-order valence-electron chi connectivity index (χ3n) is 4.09. The van der Waals surface area contributed by atoms with E-state index in [1.807, 2.05) is 48.1 Å². The van der Waals surface area contributed by atoms with Crippen LogP contribution in [0.3, 0.4) is 0 Å². The Morgan fingerprint density at radius 3 is 2.58 bits per heavy atom. The number of amides is 1. The number of carbonyl (C=O) groups excluding carboxylic acids is 1. The summed E-state index contributed by atoms with van der Waals surface area (Å²) in [7, 11) is 0. The predicted molar refractivity (Wildman–Crippen MR) is 103 cm³/mol. The molecule has 1 aromatic heterocycles. The second kappa shape index (κ2) is 8.97. The molecule has 2 aromatic carbocycles. The third-order valence-corrected chi connectivity index (χ3v) is 4.09. The summed E-state index contributed by atoms with van der Waals surface area (Å²) < 4.78 is 1.84. The van der Waals surface area contributed by atoms with Gasteiger partial charge in [0.25, 0.3) is 5.91 Å². The van der Waals surface area contributed by atoms with Gasteiger partial charge in [0.05, 0.1) is 5.69 Å². The van der Waals surface area contributed by atoms with Crippen molar-refractivity contribution in [3.8, 4) is 5.69 Å². The lowest BCUT2D eigenvalue weighted by atomic mass is 10.1. The molecule has 0 aliphatic heterocycles. The lowest BCUT2D eigenvalue weighted by Crippen LogP contribution is -2.24. The Labute approximate surface area is 154 Å². The fourth-order valence-corrected chi connectivity index (χ4v) is 2.70. The maximum Gasteiger partial charge on any atom is 0.251 e. The standard InChI is InChI=1S/C21H24N4O/c1-2-11-23-21(26)19-6-3-5-18(14-19)16-22-15-17-7-9-20(10-8-17)25-13-4-12-24-25/h3-10,12-14,22H,2,11,15-16H2,1H3,(H,23,26). The van der Waals surface area contributed by atoms with Gasteiger partial charge in [-0.2, -0.15) is 5.10 Å². The van der Waals surface area contributed by atoms with Gasteiger partial charge < -0.3 is 10.6 Å². The van der Waals surface area contributed by atoms with Crippen molar-refractivity contribution in [1.82, 2.24) is 20.4 Å². The topological polar surface area (TPSA) is 59.0 Å². The fourth-order valence-electron chi connectivity index (χ4n) is 2.70. The van der Waals surface area contributed by atoms with E-state index in [1.54, 1.807) is 6.20 Å². The van der Waals surface area contributed by atoms with E-state index in [-0.39, 0.29) is 5.91 Å². The summed E-state index contributed by atoms with van der Waals surface area (Å²) in [5.41, 5.74) is 4.06. The molecule has 0 radical (unpaired) electrons. The largest absolute Gasteiger partial charge is 0.352 e. The number of hydrogen-bond donors (Lipinski definition) is 2. The van der Waals surface area contributed by atoms with Gasteiger partial charge in [0, 0.05) is 37.6 Å². The average Bonchev–Trinajstić information content (AvgIpc) is 3.22. The van der Waals surface area contributed by atoms with Gasteiger partial charge in [-0.05, 0) is 47.9 Å². The SMILES string of the molecule is CCCNC(=O)c1cccc(CNCc2ccc(-n3cccn3)cc2)c1. The molecule has 26 heavy (non-hydrogen) atoms. The molecular weight excluding hydrogens is 324 g/mol. The van der Waals surface area contributed by atoms with Crippen molar-refractivity contribution in [3.05, 3.63) is 83.7 Å². The lowest BCUT2D eigenvalue weighted by Gasteiger charge is -2.08. The third kappa shape index (κ3) is 4.80. The predicted octanol–water partition coefficient (Wildman–Crippen LogP) is 3.30. The van der Waals surface area contributed by atoms with Crippen LogP contribution in [0.25, 0.3) is 5.69 Å². The smallest absolute Gasteiger partial charge is 0.251 e. The average molecular weight is 348 g/mol. The molecule has 2 N–H and O–H groups in total. The Hall–Kier alpha value is -2.92. The van der Waals surface area contributed by atoms with E-state index in [0.717, 1.165) is 30.8 Å². The first-order valence-corrected chi connectivity index (χ1v) is 8.93. The number of rotatable bonds is 8. The number of nitrogens with one attached hydrogen (secondary N) is 2. The molecule has 0 fully saturated rings. The van der Waals surface area contributed by atoms with Gasteiger partial charge in [-0.25, -0.2) is 4.68 Å². The molecule has 0 aliphatic carbocycles. The first-order valence-electron chi connectivity index (χ1n) is 8.93. The zero-order valence-corrected chi connectivity index (χ0v) is 15.0. The van der Waals surface area contributed by atoms with Crippen molar-refractivity contribution in [3.63, 3.8) is 0 Å². The van der Waals surface area contributed by atoms with Crippen LogP contribution in [0.1, 0.15) is 34.8 Å². The Balaban J connectivity index is 1.52. The Bertz CT molecular complexity index is 825. The highest BCUT2D eigenvalue weighted by atomic mass is 16.1. The van der Waals surface area contributed by atoms with Crippen LogP contribution in [0.2, 0.25) is 0 Å². The monoisotopic (exact) mass is 348 g/mol. The first-order chi connectivity index (χ1) is 12.8. The Morgan fingerprint density at radius 1 is 1.04 bits per heavy atom. The minimum Gasteiger partial charge on any atom is -0.352 e. The Kier molecular flexibility index (Phi) is 6.17. The molecule has 0 atom stereocenters. The molecule has 0 bridgehead atoms. The Morgan fingerprint density at radius 2 is 1.85 bits per heavy atom. The van der Waals surface area contributed by atoms with E-state index in [1.165, 1.54) is 5.56 Å². The second-order valence-electron chi connectivity index (χ2n) is 6.18. The first kappa shape index (κ1) is 17.9. The van der Waals surface area contributed by atoms with Gasteiger partial charge >= 0.3 is 0 Å². The van der Waals surface area contributed by atoms with Crippen molar-refractivity contribution >= 4 is 5.91 Å². The lowest BCUT2D eigenvalue weighted by molar-refractivity contribution is 0.0953. The van der Waals surface area contributed by atoms with Crippen LogP contribution in [-0.4, -0.2) is 22.2 Å². The highest BCUT2D eigenvalue weighted by molar-refractivity contribution is 5.94. The van der Waals surface area contributed by atoms with E-state index in [2.05, 4.69) is 40.0 Å². The molecule has 0 unspecified atom stereocenters. The van der Waals surface area contributed by atoms with E-state index in [9.17, 15) is 4.79 Å². The summed E-state index contributed by atoms with van der Waals surface area (Å²) in [6.07, 6.45) is 4.63. The molecule has 3 aromatic rings. The molecule has 5 heteroatoms. The number of carbonyl (C=O) groups is 1. The highest BCUT2D eigenvalue weighted by Crippen LogP contribution is 2.09. The second-order valence-corrected chi connectivity index (χ2v) is 6.18. The van der Waals surface area contributed by atoms with Crippen LogP contribution < -0.4 is 10.6 Å². The van der Waals surface area contributed by atoms with Crippen LogP contribution in [0.15, 0.2) is 67.0 Å². The van der Waals surface area contributed by atoms with Gasteiger partial charge in [-0.15, -0.1) is 0 Å². The highest BCUT2D eigenvalue weighted by Gasteiger charge is 2.05. The van der Waals surface area contributed by atoms with Crippen molar-refractivity contribution < 1.29 is 4.79 Å². The zero-order valence-electron chi connectivity index (χ0n) is 15.0. The van der Waals surface area contributed by atoms with Gasteiger partial charge in [0.15, 0.2) is 0 Å². The molecule has 3 rings (SSSR count). The molecule has 134 valence electrons. The van der Waals surface area contributed by atoms with Crippen LogP contribution in [-0.2, 0) is 13.1 Å². The molecule has 1 heterocycles. The maximum absolute atomic E-state index is 12.0. The van der Waals surface area contributed by atoms with E-state index in [4.69, 9.17) is 0 Å². The fraction of sp³-hybridized carbons (Fsp3) is 0.238. The minimum atomic E-state index is -0.0112. The number of aromatic nitrogens is 2. The summed E-state index contributed by atoms with van der Waals surface area (Å²) in [6, 6.07) is 18.0. The van der Waals surface area contributed by atoms with E-state index < -0.39 is 0 Å². The van der Waals surface area contributed by atoms with Crippen LogP contribution >= 0.6 is 0 Å². The van der Waals surface area contributed by atoms with Crippen LogP contribution in [0, 0.1) is 0 Å². The van der Waals surface area contributed by atoms with Gasteiger partial charge in [0.2, 0.25) is 0 Å². The normalized spacial score (nSPS) is 10.7. The summed E-state index contributed by atoms with van der Waals surface area (Å²) >= 11 is 0. The van der Waals surface area contributed by atoms with Gasteiger partial charge in [-0.1, -0.05) is 31.2 Å². The molecule has 0 saturated carbocycles. The summed E-state index contributed by atoms with van der Waals surface area (Å²) in [5.74, 6) is -0.0112. The molecule has 0 spiro atoms. The molecule has 0 aliphatic rings. The number of benzene rings is 2. The van der Waals surface area contributed by atoms with Crippen LogP contribution in [0.5, 0.6) is 0 Å². The van der Waals surface area contributed by atoms with Crippen molar-refractivity contribution in [2.75, 3.05) is 6.54 Å². The van der Waals surface area contributed by atoms with Gasteiger partial charge in [0.1, 0.15) is 0 Å². The van der Waals surface area contributed by atoms with E-state index >= 15 is 0 Å². The molecule has 1 amide bonds. The zero-order chi connectivity index (χ0) is 18.2. The van der Waals surface area contributed by atoms with Crippen LogP contribution in [0.4, 0.5) is 0 Å². The maximum atomic E-state index is 12.0. The van der Waals surface area contributed by atoms with Crippen molar-refractivity contribution in [1.29, 1.82) is 0 Å². The summed E-state index contributed by atoms with van der Waals surface area (Å²) in [4.78, 5) is 12.0. The molecule has 0 saturated heterocycles.